The fraction of sp³-hybridized carbons (Fsp3) is 0.125. The summed E-state index contributed by atoms with van der Waals surface area (Å²) in [4.78, 5) is 15.7. The van der Waals surface area contributed by atoms with Gasteiger partial charge in [-0.25, -0.2) is 14.2 Å². The van der Waals surface area contributed by atoms with E-state index < -0.39 is 11.8 Å². The highest BCUT2D eigenvalue weighted by Gasteiger charge is 2.14. The van der Waals surface area contributed by atoms with Crippen LogP contribution in [0.5, 0.6) is 0 Å². The highest BCUT2D eigenvalue weighted by Crippen LogP contribution is 2.19. The number of benzene rings is 2. The van der Waals surface area contributed by atoms with Crippen LogP contribution in [0, 0.1) is 12.7 Å². The maximum atomic E-state index is 13.2. The van der Waals surface area contributed by atoms with Gasteiger partial charge >= 0.3 is 5.97 Å². The van der Waals surface area contributed by atoms with Crippen LogP contribution in [-0.2, 0) is 6.54 Å². The summed E-state index contributed by atoms with van der Waals surface area (Å²) in [7, 11) is 0. The predicted molar refractivity (Wildman–Crippen MR) is 76.9 cm³/mol. The van der Waals surface area contributed by atoms with Gasteiger partial charge in [0.2, 0.25) is 0 Å². The van der Waals surface area contributed by atoms with E-state index in [1.165, 1.54) is 12.1 Å². The average molecular weight is 284 g/mol. The van der Waals surface area contributed by atoms with Gasteiger partial charge in [0.25, 0.3) is 0 Å². The summed E-state index contributed by atoms with van der Waals surface area (Å²) in [5.41, 5.74) is 2.31. The van der Waals surface area contributed by atoms with Crippen molar-refractivity contribution >= 4 is 17.0 Å². The van der Waals surface area contributed by atoms with Crippen molar-refractivity contribution in [2.75, 3.05) is 0 Å². The second-order valence-electron chi connectivity index (χ2n) is 4.84. The molecule has 0 amide bonds. The molecule has 21 heavy (non-hydrogen) atoms. The van der Waals surface area contributed by atoms with Gasteiger partial charge in [0, 0.05) is 0 Å². The Morgan fingerprint density at radius 1 is 1.29 bits per heavy atom. The Morgan fingerprint density at radius 3 is 2.81 bits per heavy atom. The zero-order chi connectivity index (χ0) is 15.0. The molecule has 0 fully saturated rings. The van der Waals surface area contributed by atoms with Gasteiger partial charge in [0.15, 0.2) is 0 Å². The Morgan fingerprint density at radius 2 is 2.05 bits per heavy atom. The Balaban J connectivity index is 2.11. The van der Waals surface area contributed by atoms with E-state index >= 15 is 0 Å². The SMILES string of the molecule is Cc1nc2ccccc2n1Cc1ccc(F)cc1C(=O)O. The Labute approximate surface area is 120 Å². The van der Waals surface area contributed by atoms with Gasteiger partial charge in [-0.15, -0.1) is 0 Å². The Bertz CT molecular complexity index is 839. The molecule has 3 rings (SSSR count). The van der Waals surface area contributed by atoms with Crippen molar-refractivity contribution < 1.29 is 14.3 Å². The van der Waals surface area contributed by atoms with Crippen LogP contribution in [0.15, 0.2) is 42.5 Å². The minimum Gasteiger partial charge on any atom is -0.478 e. The molecular weight excluding hydrogens is 271 g/mol. The minimum absolute atomic E-state index is 0.0211. The summed E-state index contributed by atoms with van der Waals surface area (Å²) in [5, 5.41) is 9.21. The minimum atomic E-state index is -1.13. The molecular formula is C16H13FN2O2. The van der Waals surface area contributed by atoms with Crippen LogP contribution in [0.4, 0.5) is 4.39 Å². The van der Waals surface area contributed by atoms with E-state index in [0.29, 0.717) is 12.1 Å². The number of aromatic carboxylic acids is 1. The highest BCUT2D eigenvalue weighted by molar-refractivity contribution is 5.89. The summed E-state index contributed by atoms with van der Waals surface area (Å²) in [6.45, 7) is 2.21. The number of fused-ring (bicyclic) bond motifs is 1. The summed E-state index contributed by atoms with van der Waals surface area (Å²) >= 11 is 0. The third kappa shape index (κ3) is 2.38. The first-order valence-electron chi connectivity index (χ1n) is 6.50. The van der Waals surface area contributed by atoms with Crippen molar-refractivity contribution in [3.63, 3.8) is 0 Å². The topological polar surface area (TPSA) is 55.1 Å². The van der Waals surface area contributed by atoms with Crippen LogP contribution < -0.4 is 0 Å². The molecule has 3 aromatic rings. The number of rotatable bonds is 3. The van der Waals surface area contributed by atoms with E-state index in [2.05, 4.69) is 4.98 Å². The summed E-state index contributed by atoms with van der Waals surface area (Å²) in [5.74, 6) is -0.896. The Hall–Kier alpha value is -2.69. The van der Waals surface area contributed by atoms with Gasteiger partial charge in [-0.3, -0.25) is 0 Å². The molecule has 0 saturated carbocycles. The van der Waals surface area contributed by atoms with Crippen molar-refractivity contribution in [1.82, 2.24) is 9.55 Å². The molecule has 1 heterocycles. The number of nitrogens with zero attached hydrogens (tertiary/aromatic N) is 2. The number of para-hydroxylation sites is 2. The third-order valence-corrected chi connectivity index (χ3v) is 3.48. The first-order valence-corrected chi connectivity index (χ1v) is 6.50. The second kappa shape index (κ2) is 5.01. The normalized spacial score (nSPS) is 11.0. The lowest BCUT2D eigenvalue weighted by Gasteiger charge is -2.10. The number of imidazole rings is 1. The maximum Gasteiger partial charge on any atom is 0.336 e. The number of carbonyl (C=O) groups is 1. The predicted octanol–water partition coefficient (Wildman–Crippen LogP) is 3.23. The third-order valence-electron chi connectivity index (χ3n) is 3.48. The fourth-order valence-corrected chi connectivity index (χ4v) is 2.45. The van der Waals surface area contributed by atoms with Gasteiger partial charge in [0.05, 0.1) is 23.1 Å². The van der Waals surface area contributed by atoms with E-state index in [-0.39, 0.29) is 5.56 Å². The number of halogens is 1. The van der Waals surface area contributed by atoms with E-state index in [0.717, 1.165) is 22.9 Å². The van der Waals surface area contributed by atoms with Gasteiger partial charge < -0.3 is 9.67 Å². The van der Waals surface area contributed by atoms with Crippen LogP contribution in [-0.4, -0.2) is 20.6 Å². The second-order valence-corrected chi connectivity index (χ2v) is 4.84. The van der Waals surface area contributed by atoms with Crippen LogP contribution in [0.3, 0.4) is 0 Å². The van der Waals surface area contributed by atoms with Gasteiger partial charge in [-0.05, 0) is 36.8 Å². The molecule has 0 aliphatic carbocycles. The van der Waals surface area contributed by atoms with E-state index in [4.69, 9.17) is 0 Å². The molecule has 0 unspecified atom stereocenters. The molecule has 0 saturated heterocycles. The zero-order valence-electron chi connectivity index (χ0n) is 11.4. The molecule has 2 aromatic carbocycles. The lowest BCUT2D eigenvalue weighted by Crippen LogP contribution is -2.09. The van der Waals surface area contributed by atoms with Crippen molar-refractivity contribution in [1.29, 1.82) is 0 Å². The van der Waals surface area contributed by atoms with E-state index in [1.807, 2.05) is 35.8 Å². The van der Waals surface area contributed by atoms with Crippen molar-refractivity contribution in [3.8, 4) is 0 Å². The van der Waals surface area contributed by atoms with Gasteiger partial charge in [-0.2, -0.15) is 0 Å². The summed E-state index contributed by atoms with van der Waals surface area (Å²) in [6, 6.07) is 11.5. The molecule has 0 radical (unpaired) electrons. The van der Waals surface area contributed by atoms with Crippen molar-refractivity contribution in [2.24, 2.45) is 0 Å². The number of carboxylic acids is 1. The first kappa shape index (κ1) is 13.3. The lowest BCUT2D eigenvalue weighted by atomic mass is 10.1. The van der Waals surface area contributed by atoms with Gasteiger partial charge in [-0.1, -0.05) is 18.2 Å². The number of carboxylic acid groups (broad SMARTS) is 1. The summed E-state index contributed by atoms with van der Waals surface area (Å²) in [6.07, 6.45) is 0. The van der Waals surface area contributed by atoms with Crippen LogP contribution in [0.25, 0.3) is 11.0 Å². The number of aryl methyl sites for hydroxylation is 1. The van der Waals surface area contributed by atoms with E-state index in [1.54, 1.807) is 0 Å². The number of hydrogen-bond donors (Lipinski definition) is 1. The zero-order valence-corrected chi connectivity index (χ0v) is 11.4. The maximum absolute atomic E-state index is 13.2. The lowest BCUT2D eigenvalue weighted by molar-refractivity contribution is 0.0695. The quantitative estimate of drug-likeness (QED) is 0.803. The van der Waals surface area contributed by atoms with Gasteiger partial charge in [0.1, 0.15) is 11.6 Å². The molecule has 1 N–H and O–H groups in total. The number of hydrogen-bond acceptors (Lipinski definition) is 2. The monoisotopic (exact) mass is 284 g/mol. The average Bonchev–Trinajstić information content (AvgIpc) is 2.77. The molecule has 0 aliphatic rings. The van der Waals surface area contributed by atoms with Crippen LogP contribution >= 0.6 is 0 Å². The summed E-state index contributed by atoms with van der Waals surface area (Å²) < 4.78 is 15.2. The van der Waals surface area contributed by atoms with E-state index in [9.17, 15) is 14.3 Å². The molecule has 106 valence electrons. The van der Waals surface area contributed by atoms with Crippen LogP contribution in [0.1, 0.15) is 21.7 Å². The largest absolute Gasteiger partial charge is 0.478 e. The molecule has 0 bridgehead atoms. The highest BCUT2D eigenvalue weighted by atomic mass is 19.1. The first-order chi connectivity index (χ1) is 10.1. The molecule has 4 nitrogen and oxygen atoms in total. The van der Waals surface area contributed by atoms with Crippen LogP contribution in [0.2, 0.25) is 0 Å². The molecule has 1 aromatic heterocycles. The fourth-order valence-electron chi connectivity index (χ4n) is 2.45. The standard InChI is InChI=1S/C16H13FN2O2/c1-10-18-14-4-2-3-5-15(14)19(10)9-11-6-7-12(17)8-13(11)16(20)21/h2-8H,9H2,1H3,(H,20,21). The molecule has 0 spiro atoms. The molecule has 0 aliphatic heterocycles. The number of aromatic nitrogens is 2. The molecule has 5 heteroatoms. The smallest absolute Gasteiger partial charge is 0.336 e. The van der Waals surface area contributed by atoms with Crippen molar-refractivity contribution in [3.05, 3.63) is 65.2 Å². The Kier molecular flexibility index (Phi) is 3.17. The van der Waals surface area contributed by atoms with Crippen molar-refractivity contribution in [2.45, 2.75) is 13.5 Å². The molecule has 0 atom stereocenters.